The summed E-state index contributed by atoms with van der Waals surface area (Å²) in [6.07, 6.45) is 4.61. The van der Waals surface area contributed by atoms with Crippen LogP contribution in [0.4, 0.5) is 5.69 Å². The molecular formula is C13H14ClN3O. The summed E-state index contributed by atoms with van der Waals surface area (Å²) in [6.45, 7) is 1.97. The van der Waals surface area contributed by atoms with Crippen molar-refractivity contribution in [3.05, 3.63) is 41.2 Å². The van der Waals surface area contributed by atoms with Crippen LogP contribution in [-0.4, -0.2) is 15.6 Å². The van der Waals surface area contributed by atoms with Gasteiger partial charge in [-0.05, 0) is 24.6 Å². The molecule has 4 nitrogen and oxygen atoms in total. The molecule has 0 atom stereocenters. The van der Waals surface area contributed by atoms with Crippen LogP contribution in [0.2, 0.25) is 5.02 Å². The first-order chi connectivity index (χ1) is 8.61. The van der Waals surface area contributed by atoms with Gasteiger partial charge in [0.25, 0.3) is 0 Å². The molecule has 0 aliphatic heterocycles. The number of carbonyl (C=O) groups excluding carboxylic acids is 1. The molecule has 0 aliphatic rings. The Balaban J connectivity index is 2.32. The monoisotopic (exact) mass is 263 g/mol. The first kappa shape index (κ1) is 12.6. The Kier molecular flexibility index (Phi) is 3.67. The summed E-state index contributed by atoms with van der Waals surface area (Å²) >= 11 is 6.09. The van der Waals surface area contributed by atoms with E-state index in [1.54, 1.807) is 35.3 Å². The Morgan fingerprint density at radius 1 is 1.50 bits per heavy atom. The number of rotatable bonds is 4. The van der Waals surface area contributed by atoms with Gasteiger partial charge in [0.05, 0.1) is 22.5 Å². The molecule has 1 heterocycles. The lowest BCUT2D eigenvalue weighted by molar-refractivity contribution is 0.0982. The lowest BCUT2D eigenvalue weighted by atomic mass is 10.1. The predicted molar refractivity (Wildman–Crippen MR) is 72.2 cm³/mol. The van der Waals surface area contributed by atoms with Crippen LogP contribution in [0.5, 0.6) is 0 Å². The number of Topliss-reactive ketones (excluding diaryl/α,β-unsaturated/α-hetero) is 1. The lowest BCUT2D eigenvalue weighted by Gasteiger charge is -2.04. The van der Waals surface area contributed by atoms with Crippen LogP contribution in [0.1, 0.15) is 30.1 Å². The fourth-order valence-electron chi connectivity index (χ4n) is 1.68. The van der Waals surface area contributed by atoms with E-state index in [0.717, 1.165) is 6.42 Å². The van der Waals surface area contributed by atoms with E-state index >= 15 is 0 Å². The standard InChI is InChI=1S/C13H14ClN3O/c1-2-3-13(18)9-7-16-17(8-9)12-5-4-10(15)6-11(12)14/h4-8H,2-3,15H2,1H3. The van der Waals surface area contributed by atoms with Crippen molar-refractivity contribution in [2.24, 2.45) is 0 Å². The van der Waals surface area contributed by atoms with Gasteiger partial charge in [-0.2, -0.15) is 5.10 Å². The van der Waals surface area contributed by atoms with Gasteiger partial charge >= 0.3 is 0 Å². The number of nitrogens with two attached hydrogens (primary N) is 1. The molecule has 0 amide bonds. The molecule has 18 heavy (non-hydrogen) atoms. The third kappa shape index (κ3) is 2.54. The van der Waals surface area contributed by atoms with E-state index in [-0.39, 0.29) is 5.78 Å². The van der Waals surface area contributed by atoms with Crippen molar-refractivity contribution >= 4 is 23.1 Å². The van der Waals surface area contributed by atoms with Gasteiger partial charge in [-0.1, -0.05) is 18.5 Å². The minimum atomic E-state index is 0.0929. The molecule has 0 fully saturated rings. The molecule has 0 saturated carbocycles. The molecule has 0 saturated heterocycles. The van der Waals surface area contributed by atoms with Crippen LogP contribution in [0.3, 0.4) is 0 Å². The van der Waals surface area contributed by atoms with Crippen molar-refractivity contribution in [2.75, 3.05) is 5.73 Å². The number of ketones is 1. The smallest absolute Gasteiger partial charge is 0.166 e. The summed E-state index contributed by atoms with van der Waals surface area (Å²) in [7, 11) is 0. The van der Waals surface area contributed by atoms with Gasteiger partial charge in [0.15, 0.2) is 5.78 Å². The molecule has 1 aromatic heterocycles. The number of benzene rings is 1. The number of hydrogen-bond acceptors (Lipinski definition) is 3. The molecule has 0 radical (unpaired) electrons. The Morgan fingerprint density at radius 3 is 2.94 bits per heavy atom. The van der Waals surface area contributed by atoms with Crippen LogP contribution in [-0.2, 0) is 0 Å². The topological polar surface area (TPSA) is 60.9 Å². The first-order valence-corrected chi connectivity index (χ1v) is 6.13. The highest BCUT2D eigenvalue weighted by molar-refractivity contribution is 6.32. The number of nitrogen functional groups attached to an aromatic ring is 1. The zero-order valence-corrected chi connectivity index (χ0v) is 10.8. The summed E-state index contributed by atoms with van der Waals surface area (Å²) in [6, 6.07) is 5.18. The van der Waals surface area contributed by atoms with Gasteiger partial charge in [0, 0.05) is 18.3 Å². The third-order valence-electron chi connectivity index (χ3n) is 2.60. The summed E-state index contributed by atoms with van der Waals surface area (Å²) in [4.78, 5) is 11.7. The van der Waals surface area contributed by atoms with E-state index in [0.29, 0.717) is 28.4 Å². The molecule has 0 spiro atoms. The van der Waals surface area contributed by atoms with Gasteiger partial charge in [-0.15, -0.1) is 0 Å². The number of hydrogen-bond donors (Lipinski definition) is 1. The maximum Gasteiger partial charge on any atom is 0.166 e. The third-order valence-corrected chi connectivity index (χ3v) is 2.90. The molecule has 2 N–H and O–H groups in total. The quantitative estimate of drug-likeness (QED) is 0.681. The van der Waals surface area contributed by atoms with Crippen LogP contribution in [0, 0.1) is 0 Å². The second-order valence-corrected chi connectivity index (χ2v) is 4.46. The van der Waals surface area contributed by atoms with E-state index in [1.165, 1.54) is 0 Å². The number of halogens is 1. The average molecular weight is 264 g/mol. The Bertz CT molecular complexity index is 577. The second kappa shape index (κ2) is 5.23. The summed E-state index contributed by atoms with van der Waals surface area (Å²) in [5.41, 5.74) is 7.54. The van der Waals surface area contributed by atoms with Crippen molar-refractivity contribution in [2.45, 2.75) is 19.8 Å². The van der Waals surface area contributed by atoms with Crippen molar-refractivity contribution in [3.63, 3.8) is 0 Å². The molecule has 0 bridgehead atoms. The van der Waals surface area contributed by atoms with Gasteiger partial charge in [-0.25, -0.2) is 4.68 Å². The summed E-state index contributed by atoms with van der Waals surface area (Å²) in [5.74, 6) is 0.0929. The molecule has 2 aromatic rings. The van der Waals surface area contributed by atoms with E-state index < -0.39 is 0 Å². The molecule has 0 unspecified atom stereocenters. The molecule has 0 aliphatic carbocycles. The van der Waals surface area contributed by atoms with Gasteiger partial charge < -0.3 is 5.73 Å². The van der Waals surface area contributed by atoms with Gasteiger partial charge in [0.1, 0.15) is 0 Å². The number of anilines is 1. The fourth-order valence-corrected chi connectivity index (χ4v) is 1.95. The molecule has 2 rings (SSSR count). The van der Waals surface area contributed by atoms with Gasteiger partial charge in [0.2, 0.25) is 0 Å². The Hall–Kier alpha value is -1.81. The van der Waals surface area contributed by atoms with Crippen molar-refractivity contribution in [3.8, 4) is 5.69 Å². The van der Waals surface area contributed by atoms with Crippen LogP contribution >= 0.6 is 11.6 Å². The van der Waals surface area contributed by atoms with Crippen LogP contribution in [0.25, 0.3) is 5.69 Å². The van der Waals surface area contributed by atoms with Crippen LogP contribution < -0.4 is 5.73 Å². The summed E-state index contributed by atoms with van der Waals surface area (Å²) in [5, 5.41) is 4.66. The van der Waals surface area contributed by atoms with E-state index in [1.807, 2.05) is 6.92 Å². The maximum absolute atomic E-state index is 11.7. The van der Waals surface area contributed by atoms with Crippen molar-refractivity contribution < 1.29 is 4.79 Å². The highest BCUT2D eigenvalue weighted by Gasteiger charge is 2.10. The highest BCUT2D eigenvalue weighted by atomic mass is 35.5. The van der Waals surface area contributed by atoms with Gasteiger partial charge in [-0.3, -0.25) is 4.79 Å². The lowest BCUT2D eigenvalue weighted by Crippen LogP contribution is -1.98. The highest BCUT2D eigenvalue weighted by Crippen LogP contribution is 2.22. The molecule has 5 heteroatoms. The predicted octanol–water partition coefficient (Wildman–Crippen LogP) is 3.09. The molecule has 94 valence electrons. The van der Waals surface area contributed by atoms with Crippen molar-refractivity contribution in [1.29, 1.82) is 0 Å². The summed E-state index contributed by atoms with van der Waals surface area (Å²) < 4.78 is 1.59. The second-order valence-electron chi connectivity index (χ2n) is 4.06. The average Bonchev–Trinajstić information content (AvgIpc) is 2.78. The minimum Gasteiger partial charge on any atom is -0.399 e. The normalized spacial score (nSPS) is 10.6. The number of carbonyl (C=O) groups is 1. The number of aromatic nitrogens is 2. The molecule has 1 aromatic carbocycles. The number of nitrogens with zero attached hydrogens (tertiary/aromatic N) is 2. The van der Waals surface area contributed by atoms with Crippen LogP contribution in [0.15, 0.2) is 30.6 Å². The Morgan fingerprint density at radius 2 is 2.28 bits per heavy atom. The van der Waals surface area contributed by atoms with E-state index in [9.17, 15) is 4.79 Å². The first-order valence-electron chi connectivity index (χ1n) is 5.75. The minimum absolute atomic E-state index is 0.0929. The van der Waals surface area contributed by atoms with E-state index in [2.05, 4.69) is 5.10 Å². The van der Waals surface area contributed by atoms with E-state index in [4.69, 9.17) is 17.3 Å². The SMILES string of the molecule is CCCC(=O)c1cnn(-c2ccc(N)cc2Cl)c1. The zero-order chi connectivity index (χ0) is 13.1. The van der Waals surface area contributed by atoms with Crippen molar-refractivity contribution in [1.82, 2.24) is 9.78 Å². The largest absolute Gasteiger partial charge is 0.399 e. The fraction of sp³-hybridized carbons (Fsp3) is 0.231. The Labute approximate surface area is 110 Å². The zero-order valence-electron chi connectivity index (χ0n) is 10.1. The maximum atomic E-state index is 11.7. The molecular weight excluding hydrogens is 250 g/mol.